The smallest absolute Gasteiger partial charge is 0.253 e. The summed E-state index contributed by atoms with van der Waals surface area (Å²) in [5.41, 5.74) is 0.386. The van der Waals surface area contributed by atoms with Crippen LogP contribution in [0.1, 0.15) is 31.1 Å². The fourth-order valence-electron chi connectivity index (χ4n) is 2.16. The van der Waals surface area contributed by atoms with E-state index in [1.807, 2.05) is 29.6 Å². The number of carbonyl (C=O) groups excluding carboxylic acids is 1. The molecule has 3 nitrogen and oxygen atoms in total. The molecule has 3 rings (SSSR count). The molecule has 0 saturated heterocycles. The summed E-state index contributed by atoms with van der Waals surface area (Å²) in [7, 11) is 0. The molecule has 0 spiro atoms. The van der Waals surface area contributed by atoms with Crippen molar-refractivity contribution < 1.29 is 9.90 Å². The molecular weight excluding hydrogens is 385 g/mol. The van der Waals surface area contributed by atoms with Gasteiger partial charge in [-0.05, 0) is 41.8 Å². The highest BCUT2D eigenvalue weighted by atomic mass is 35.5. The number of benzene rings is 1. The van der Waals surface area contributed by atoms with E-state index in [0.29, 0.717) is 22.2 Å². The monoisotopic (exact) mass is 397 g/mol. The number of aliphatic hydroxyl groups is 1. The van der Waals surface area contributed by atoms with Crippen molar-refractivity contribution in [1.82, 2.24) is 5.32 Å². The standard InChI is InChI=1S/C17H13Cl2NO2S2/c18-10-3-5-12(13(19)8-10)17(22)20-9-11-4-6-15(24-11)16(21)14-2-1-7-23-14/h1-8,16,21H,9H2,(H,20,22). The lowest BCUT2D eigenvalue weighted by molar-refractivity contribution is 0.0951. The van der Waals surface area contributed by atoms with E-state index < -0.39 is 6.10 Å². The predicted molar refractivity (Wildman–Crippen MR) is 100 cm³/mol. The van der Waals surface area contributed by atoms with Crippen LogP contribution in [0.2, 0.25) is 10.0 Å². The van der Waals surface area contributed by atoms with Crippen LogP contribution in [0.3, 0.4) is 0 Å². The molecule has 3 aromatic rings. The Morgan fingerprint density at radius 1 is 1.17 bits per heavy atom. The summed E-state index contributed by atoms with van der Waals surface area (Å²) in [6.45, 7) is 0.375. The van der Waals surface area contributed by atoms with Gasteiger partial charge in [-0.2, -0.15) is 0 Å². The van der Waals surface area contributed by atoms with Crippen molar-refractivity contribution in [3.05, 3.63) is 78.1 Å². The van der Waals surface area contributed by atoms with Crippen LogP contribution in [-0.2, 0) is 6.54 Å². The van der Waals surface area contributed by atoms with Gasteiger partial charge in [-0.15, -0.1) is 22.7 Å². The van der Waals surface area contributed by atoms with Gasteiger partial charge in [-0.1, -0.05) is 29.3 Å². The average molecular weight is 398 g/mol. The molecule has 0 aliphatic rings. The van der Waals surface area contributed by atoms with E-state index in [2.05, 4.69) is 5.32 Å². The largest absolute Gasteiger partial charge is 0.382 e. The topological polar surface area (TPSA) is 49.3 Å². The maximum atomic E-state index is 12.2. The van der Waals surface area contributed by atoms with Gasteiger partial charge in [-0.3, -0.25) is 4.79 Å². The molecule has 0 bridgehead atoms. The van der Waals surface area contributed by atoms with Gasteiger partial charge in [0, 0.05) is 19.7 Å². The van der Waals surface area contributed by atoms with E-state index in [9.17, 15) is 9.90 Å². The Bertz CT molecular complexity index is 846. The number of aliphatic hydroxyl groups excluding tert-OH is 1. The van der Waals surface area contributed by atoms with Gasteiger partial charge in [0.25, 0.3) is 5.91 Å². The second-order valence-electron chi connectivity index (χ2n) is 5.03. The van der Waals surface area contributed by atoms with Crippen molar-refractivity contribution in [1.29, 1.82) is 0 Å². The molecule has 24 heavy (non-hydrogen) atoms. The molecule has 1 aromatic carbocycles. The van der Waals surface area contributed by atoms with Gasteiger partial charge in [0.05, 0.1) is 17.1 Å². The number of rotatable bonds is 5. The van der Waals surface area contributed by atoms with E-state index in [-0.39, 0.29) is 5.91 Å². The van der Waals surface area contributed by atoms with E-state index in [1.165, 1.54) is 22.7 Å². The fourth-order valence-corrected chi connectivity index (χ4v) is 4.41. The molecule has 0 radical (unpaired) electrons. The maximum Gasteiger partial charge on any atom is 0.253 e. The number of amides is 1. The minimum atomic E-state index is -0.620. The zero-order valence-corrected chi connectivity index (χ0v) is 15.5. The number of halogens is 2. The van der Waals surface area contributed by atoms with Crippen LogP contribution in [0.25, 0.3) is 0 Å². The van der Waals surface area contributed by atoms with Gasteiger partial charge in [0.2, 0.25) is 0 Å². The van der Waals surface area contributed by atoms with Crippen LogP contribution in [0, 0.1) is 0 Å². The molecule has 2 heterocycles. The summed E-state index contributed by atoms with van der Waals surface area (Å²) >= 11 is 14.9. The second kappa shape index (κ2) is 7.68. The van der Waals surface area contributed by atoms with Gasteiger partial charge < -0.3 is 10.4 Å². The molecule has 2 N–H and O–H groups in total. The number of carbonyl (C=O) groups is 1. The first-order valence-electron chi connectivity index (χ1n) is 7.08. The SMILES string of the molecule is O=C(NCc1ccc(C(O)c2cccs2)s1)c1ccc(Cl)cc1Cl. The molecule has 124 valence electrons. The first kappa shape index (κ1) is 17.5. The molecule has 1 atom stereocenters. The normalized spacial score (nSPS) is 12.1. The fraction of sp³-hybridized carbons (Fsp3) is 0.118. The summed E-state index contributed by atoms with van der Waals surface area (Å²) in [6.07, 6.45) is -0.620. The highest BCUT2D eigenvalue weighted by Crippen LogP contribution is 2.31. The minimum Gasteiger partial charge on any atom is -0.382 e. The van der Waals surface area contributed by atoms with Crippen molar-refractivity contribution in [3.63, 3.8) is 0 Å². The molecule has 1 unspecified atom stereocenters. The lowest BCUT2D eigenvalue weighted by atomic mass is 10.2. The van der Waals surface area contributed by atoms with Crippen LogP contribution in [0.5, 0.6) is 0 Å². The summed E-state index contributed by atoms with van der Waals surface area (Å²) in [6, 6.07) is 12.4. The molecule has 0 aliphatic carbocycles. The third kappa shape index (κ3) is 3.99. The van der Waals surface area contributed by atoms with Crippen molar-refractivity contribution in [3.8, 4) is 0 Å². The number of nitrogens with one attached hydrogen (secondary N) is 1. The highest BCUT2D eigenvalue weighted by Gasteiger charge is 2.15. The molecule has 2 aromatic heterocycles. The van der Waals surface area contributed by atoms with Crippen LogP contribution in [0.4, 0.5) is 0 Å². The van der Waals surface area contributed by atoms with E-state index in [4.69, 9.17) is 23.2 Å². The second-order valence-corrected chi connectivity index (χ2v) is 8.05. The lowest BCUT2D eigenvalue weighted by Gasteiger charge is -2.06. The Hall–Kier alpha value is -1.37. The highest BCUT2D eigenvalue weighted by molar-refractivity contribution is 7.12. The molecule has 0 saturated carbocycles. The Balaban J connectivity index is 1.64. The molecule has 7 heteroatoms. The summed E-state index contributed by atoms with van der Waals surface area (Å²) < 4.78 is 0. The van der Waals surface area contributed by atoms with Crippen LogP contribution >= 0.6 is 45.9 Å². The Morgan fingerprint density at radius 3 is 2.71 bits per heavy atom. The number of thiophene rings is 2. The summed E-state index contributed by atoms with van der Waals surface area (Å²) in [4.78, 5) is 14.9. The van der Waals surface area contributed by atoms with Crippen molar-refractivity contribution in [2.75, 3.05) is 0 Å². The minimum absolute atomic E-state index is 0.259. The summed E-state index contributed by atoms with van der Waals surface area (Å²) in [5, 5.41) is 15.9. The predicted octanol–water partition coefficient (Wildman–Crippen LogP) is 5.13. The van der Waals surface area contributed by atoms with Crippen LogP contribution in [-0.4, -0.2) is 11.0 Å². The van der Waals surface area contributed by atoms with Crippen LogP contribution in [0.15, 0.2) is 47.8 Å². The number of hydrogen-bond donors (Lipinski definition) is 2. The van der Waals surface area contributed by atoms with Gasteiger partial charge >= 0.3 is 0 Å². The van der Waals surface area contributed by atoms with E-state index in [0.717, 1.165) is 14.6 Å². The first-order valence-corrected chi connectivity index (χ1v) is 9.53. The first-order chi connectivity index (χ1) is 11.5. The van der Waals surface area contributed by atoms with Crippen molar-refractivity contribution in [2.24, 2.45) is 0 Å². The van der Waals surface area contributed by atoms with Gasteiger partial charge in [0.15, 0.2) is 0 Å². The van der Waals surface area contributed by atoms with E-state index >= 15 is 0 Å². The lowest BCUT2D eigenvalue weighted by Crippen LogP contribution is -2.22. The van der Waals surface area contributed by atoms with E-state index in [1.54, 1.807) is 18.2 Å². The quantitative estimate of drug-likeness (QED) is 0.626. The van der Waals surface area contributed by atoms with Crippen LogP contribution < -0.4 is 5.32 Å². The Morgan fingerprint density at radius 2 is 2.00 bits per heavy atom. The van der Waals surface area contributed by atoms with Gasteiger partial charge in [0.1, 0.15) is 6.10 Å². The molecule has 1 amide bonds. The molecular formula is C17H13Cl2NO2S2. The van der Waals surface area contributed by atoms with Gasteiger partial charge in [-0.25, -0.2) is 0 Å². The zero-order chi connectivity index (χ0) is 17.1. The molecule has 0 aliphatic heterocycles. The maximum absolute atomic E-state index is 12.2. The van der Waals surface area contributed by atoms with Crippen molar-refractivity contribution in [2.45, 2.75) is 12.6 Å². The Labute approximate surface area is 157 Å². The summed E-state index contributed by atoms with van der Waals surface area (Å²) in [5.74, 6) is -0.259. The Kier molecular flexibility index (Phi) is 5.58. The average Bonchev–Trinajstić information content (AvgIpc) is 3.24. The third-order valence-corrected chi connectivity index (χ3v) is 5.97. The molecule has 0 fully saturated rings. The van der Waals surface area contributed by atoms with Crippen molar-refractivity contribution >= 4 is 51.8 Å². The number of hydrogen-bond acceptors (Lipinski definition) is 4. The third-order valence-electron chi connectivity index (χ3n) is 3.36. The zero-order valence-electron chi connectivity index (χ0n) is 12.3.